The summed E-state index contributed by atoms with van der Waals surface area (Å²) in [6.07, 6.45) is 5.47. The molecular formula is C19H21N7O. The molecule has 5 N–H and O–H groups in total. The van der Waals surface area contributed by atoms with Crippen LogP contribution in [0.5, 0.6) is 0 Å². The van der Waals surface area contributed by atoms with E-state index in [0.29, 0.717) is 11.6 Å². The average molecular weight is 363 g/mol. The van der Waals surface area contributed by atoms with Crippen molar-refractivity contribution in [3.8, 4) is 0 Å². The number of rotatable bonds is 5. The zero-order chi connectivity index (χ0) is 18.6. The van der Waals surface area contributed by atoms with Crippen LogP contribution in [0.4, 0.5) is 17.3 Å². The number of pyridine rings is 1. The van der Waals surface area contributed by atoms with Crippen LogP contribution >= 0.6 is 0 Å². The minimum absolute atomic E-state index is 0.105. The highest BCUT2D eigenvalue weighted by Gasteiger charge is 2.17. The molecule has 1 aromatic carbocycles. The summed E-state index contributed by atoms with van der Waals surface area (Å²) in [4.78, 5) is 24.8. The van der Waals surface area contributed by atoms with Gasteiger partial charge in [0.2, 0.25) is 0 Å². The summed E-state index contributed by atoms with van der Waals surface area (Å²) in [7, 11) is 0. The molecule has 3 heterocycles. The highest BCUT2D eigenvalue weighted by molar-refractivity contribution is 5.96. The average Bonchev–Trinajstić information content (AvgIpc) is 2.69. The molecule has 4 rings (SSSR count). The number of fused-ring (bicyclic) bond motifs is 1. The lowest BCUT2D eigenvalue weighted by molar-refractivity contribution is 0.0996. The van der Waals surface area contributed by atoms with Crippen molar-refractivity contribution in [2.45, 2.75) is 18.9 Å². The normalized spacial score (nSPS) is 16.8. The molecule has 3 aromatic rings. The zero-order valence-corrected chi connectivity index (χ0v) is 14.8. The van der Waals surface area contributed by atoms with Gasteiger partial charge in [0.05, 0.1) is 11.7 Å². The first-order valence-electron chi connectivity index (χ1n) is 8.95. The van der Waals surface area contributed by atoms with Crippen LogP contribution in [0.25, 0.3) is 10.9 Å². The van der Waals surface area contributed by atoms with Crippen molar-refractivity contribution in [1.82, 2.24) is 20.3 Å². The maximum atomic E-state index is 11.8. The number of hydrogen-bond donors (Lipinski definition) is 4. The number of nitrogens with zero attached hydrogens (tertiary/aromatic N) is 3. The number of primary amides is 1. The molecule has 0 spiro atoms. The standard InChI is InChI=1S/C19H21N7O/c20-18(27)17-19(25-13-5-6-15-12(9-13)3-1-8-22-15)26-16(11-23-17)24-14-4-2-7-21-10-14/h1,3,5-6,8-9,11,14,21H,2,4,7,10H2,(H2,20,27)(H2,24,25,26)/t14-/m0/s1. The van der Waals surface area contributed by atoms with Gasteiger partial charge in [-0.3, -0.25) is 9.78 Å². The number of benzene rings is 1. The van der Waals surface area contributed by atoms with E-state index in [4.69, 9.17) is 5.73 Å². The van der Waals surface area contributed by atoms with E-state index in [9.17, 15) is 4.79 Å². The van der Waals surface area contributed by atoms with Gasteiger partial charge in [0.1, 0.15) is 5.82 Å². The first-order chi connectivity index (χ1) is 13.2. The van der Waals surface area contributed by atoms with Crippen molar-refractivity contribution in [3.63, 3.8) is 0 Å². The molecule has 1 fully saturated rings. The monoisotopic (exact) mass is 363 g/mol. The second-order valence-electron chi connectivity index (χ2n) is 6.54. The number of aromatic nitrogens is 3. The van der Waals surface area contributed by atoms with Gasteiger partial charge < -0.3 is 21.7 Å². The molecular weight excluding hydrogens is 342 g/mol. The van der Waals surface area contributed by atoms with E-state index in [2.05, 4.69) is 30.9 Å². The number of nitrogens with two attached hydrogens (primary N) is 1. The number of carbonyl (C=O) groups is 1. The Bertz CT molecular complexity index is 969. The fraction of sp³-hybridized carbons (Fsp3) is 0.263. The van der Waals surface area contributed by atoms with Crippen LogP contribution in [0.3, 0.4) is 0 Å². The quantitative estimate of drug-likeness (QED) is 0.548. The van der Waals surface area contributed by atoms with E-state index in [1.165, 1.54) is 0 Å². The van der Waals surface area contributed by atoms with Gasteiger partial charge in [0, 0.05) is 29.9 Å². The van der Waals surface area contributed by atoms with E-state index < -0.39 is 5.91 Å². The molecule has 8 heteroatoms. The van der Waals surface area contributed by atoms with Crippen LogP contribution in [-0.4, -0.2) is 40.0 Å². The van der Waals surface area contributed by atoms with E-state index in [0.717, 1.165) is 42.5 Å². The molecule has 1 saturated heterocycles. The first kappa shape index (κ1) is 17.2. The lowest BCUT2D eigenvalue weighted by atomic mass is 10.1. The lowest BCUT2D eigenvalue weighted by Crippen LogP contribution is -2.38. The number of piperidine rings is 1. The Kier molecular flexibility index (Phi) is 4.80. The molecule has 0 bridgehead atoms. The van der Waals surface area contributed by atoms with E-state index >= 15 is 0 Å². The van der Waals surface area contributed by atoms with Crippen LogP contribution in [0.15, 0.2) is 42.7 Å². The summed E-state index contributed by atoms with van der Waals surface area (Å²) < 4.78 is 0. The molecule has 1 atom stereocenters. The second kappa shape index (κ2) is 7.55. The third-order valence-electron chi connectivity index (χ3n) is 4.52. The Hall–Kier alpha value is -3.26. The van der Waals surface area contributed by atoms with Gasteiger partial charge in [-0.2, -0.15) is 0 Å². The minimum atomic E-state index is -0.627. The third-order valence-corrected chi connectivity index (χ3v) is 4.52. The summed E-state index contributed by atoms with van der Waals surface area (Å²) in [5.74, 6) is 0.316. The Morgan fingerprint density at radius 2 is 2.19 bits per heavy atom. The van der Waals surface area contributed by atoms with Gasteiger partial charge in [-0.1, -0.05) is 6.07 Å². The van der Waals surface area contributed by atoms with Gasteiger partial charge in [-0.05, 0) is 43.7 Å². The van der Waals surface area contributed by atoms with Gasteiger partial charge >= 0.3 is 0 Å². The van der Waals surface area contributed by atoms with Gasteiger partial charge in [0.25, 0.3) is 5.91 Å². The minimum Gasteiger partial charge on any atom is -0.365 e. The van der Waals surface area contributed by atoms with Crippen LogP contribution in [-0.2, 0) is 0 Å². The van der Waals surface area contributed by atoms with Crippen molar-refractivity contribution >= 4 is 34.1 Å². The second-order valence-corrected chi connectivity index (χ2v) is 6.54. The molecule has 1 amide bonds. The van der Waals surface area contributed by atoms with Crippen LogP contribution in [0.2, 0.25) is 0 Å². The molecule has 27 heavy (non-hydrogen) atoms. The van der Waals surface area contributed by atoms with E-state index in [1.54, 1.807) is 12.4 Å². The smallest absolute Gasteiger partial charge is 0.271 e. The molecule has 1 aliphatic rings. The van der Waals surface area contributed by atoms with Crippen molar-refractivity contribution in [2.24, 2.45) is 5.73 Å². The fourth-order valence-electron chi connectivity index (χ4n) is 3.20. The molecule has 1 aliphatic heterocycles. The van der Waals surface area contributed by atoms with E-state index in [-0.39, 0.29) is 11.7 Å². The SMILES string of the molecule is NC(=O)c1ncc(N[C@H]2CCCNC2)nc1Nc1ccc2ncccc2c1. The van der Waals surface area contributed by atoms with Crippen molar-refractivity contribution in [1.29, 1.82) is 0 Å². The largest absolute Gasteiger partial charge is 0.365 e. The predicted molar refractivity (Wildman–Crippen MR) is 105 cm³/mol. The Labute approximate surface area is 156 Å². The third kappa shape index (κ3) is 3.95. The van der Waals surface area contributed by atoms with Crippen molar-refractivity contribution < 1.29 is 4.79 Å². The molecule has 0 unspecified atom stereocenters. The van der Waals surface area contributed by atoms with Crippen molar-refractivity contribution in [3.05, 3.63) is 48.4 Å². The van der Waals surface area contributed by atoms with Gasteiger partial charge in [-0.15, -0.1) is 0 Å². The lowest BCUT2D eigenvalue weighted by Gasteiger charge is -2.24. The van der Waals surface area contributed by atoms with Gasteiger partial charge in [-0.25, -0.2) is 9.97 Å². The summed E-state index contributed by atoms with van der Waals surface area (Å²) in [6.45, 7) is 1.91. The maximum Gasteiger partial charge on any atom is 0.271 e. The van der Waals surface area contributed by atoms with E-state index in [1.807, 2.05) is 30.3 Å². The highest BCUT2D eigenvalue weighted by atomic mass is 16.1. The van der Waals surface area contributed by atoms with Crippen molar-refractivity contribution in [2.75, 3.05) is 23.7 Å². The molecule has 8 nitrogen and oxygen atoms in total. The summed E-state index contributed by atoms with van der Waals surface area (Å²) in [5.41, 5.74) is 7.25. The molecule has 0 aliphatic carbocycles. The number of nitrogens with one attached hydrogen (secondary N) is 3. The Balaban J connectivity index is 1.61. The topological polar surface area (TPSA) is 118 Å². The molecule has 0 radical (unpaired) electrons. The van der Waals surface area contributed by atoms with Crippen LogP contribution < -0.4 is 21.7 Å². The first-order valence-corrected chi connectivity index (χ1v) is 8.95. The summed E-state index contributed by atoms with van der Waals surface area (Å²) in [6, 6.07) is 9.87. The predicted octanol–water partition coefficient (Wildman–Crippen LogP) is 2.03. The number of hydrogen-bond acceptors (Lipinski definition) is 7. The van der Waals surface area contributed by atoms with Gasteiger partial charge in [0.15, 0.2) is 11.5 Å². The maximum absolute atomic E-state index is 11.8. The Morgan fingerprint density at radius 1 is 1.26 bits per heavy atom. The number of anilines is 3. The number of carbonyl (C=O) groups excluding carboxylic acids is 1. The zero-order valence-electron chi connectivity index (χ0n) is 14.8. The molecule has 2 aromatic heterocycles. The van der Waals surface area contributed by atoms with Crippen LogP contribution in [0.1, 0.15) is 23.3 Å². The Morgan fingerprint density at radius 3 is 3.00 bits per heavy atom. The molecule has 0 saturated carbocycles. The fourth-order valence-corrected chi connectivity index (χ4v) is 3.20. The summed E-state index contributed by atoms with van der Waals surface area (Å²) in [5, 5.41) is 10.9. The highest BCUT2D eigenvalue weighted by Crippen LogP contribution is 2.23. The number of amides is 1. The summed E-state index contributed by atoms with van der Waals surface area (Å²) >= 11 is 0. The van der Waals surface area contributed by atoms with Crippen LogP contribution in [0, 0.1) is 0 Å². The molecule has 138 valence electrons.